The molecule has 30 heavy (non-hydrogen) atoms. The zero-order valence-electron chi connectivity index (χ0n) is 15.6. The van der Waals surface area contributed by atoms with E-state index in [-0.39, 0.29) is 22.8 Å². The highest BCUT2D eigenvalue weighted by Gasteiger charge is 2.32. The number of halogens is 3. The van der Waals surface area contributed by atoms with Gasteiger partial charge in [-0.25, -0.2) is 13.8 Å². The fourth-order valence-corrected chi connectivity index (χ4v) is 4.72. The van der Waals surface area contributed by atoms with Crippen LogP contribution in [0.5, 0.6) is 0 Å². The van der Waals surface area contributed by atoms with Crippen molar-refractivity contribution in [1.29, 1.82) is 0 Å². The molecule has 1 atom stereocenters. The molecule has 10 heteroatoms. The molecular formula is C20H14ClF2N5OS. The predicted octanol–water partition coefficient (Wildman–Crippen LogP) is 4.70. The molecule has 0 radical (unpaired) electrons. The quantitative estimate of drug-likeness (QED) is 0.448. The normalized spacial score (nSPS) is 16.1. The van der Waals surface area contributed by atoms with Crippen molar-refractivity contribution in [3.8, 4) is 10.8 Å². The molecule has 2 aromatic heterocycles. The number of thiazole rings is 1. The third kappa shape index (κ3) is 3.05. The molecule has 6 nitrogen and oxygen atoms in total. The SMILES string of the molecule is C[C@@H]1c2nnc(-c3nc4cc(Cl)c(F)cc4s3)n2CCN1C(=O)c1ccc(F)cc1. The van der Waals surface area contributed by atoms with Gasteiger partial charge in [0.05, 0.1) is 21.3 Å². The fraction of sp³-hybridized carbons (Fsp3) is 0.200. The second kappa shape index (κ2) is 7.10. The van der Waals surface area contributed by atoms with Crippen LogP contribution >= 0.6 is 22.9 Å². The molecular weight excluding hydrogens is 432 g/mol. The number of benzene rings is 2. The second-order valence-electron chi connectivity index (χ2n) is 6.97. The minimum atomic E-state index is -0.494. The lowest BCUT2D eigenvalue weighted by Gasteiger charge is -2.33. The number of fused-ring (bicyclic) bond motifs is 2. The van der Waals surface area contributed by atoms with Gasteiger partial charge in [-0.15, -0.1) is 21.5 Å². The number of nitrogens with zero attached hydrogens (tertiary/aromatic N) is 5. The van der Waals surface area contributed by atoms with Crippen LogP contribution in [0.4, 0.5) is 8.78 Å². The van der Waals surface area contributed by atoms with Crippen LogP contribution in [0.3, 0.4) is 0 Å². The Morgan fingerprint density at radius 3 is 2.70 bits per heavy atom. The van der Waals surface area contributed by atoms with Crippen LogP contribution in [0.15, 0.2) is 36.4 Å². The van der Waals surface area contributed by atoms with Gasteiger partial charge in [0.15, 0.2) is 16.7 Å². The Balaban J connectivity index is 1.48. The first kappa shape index (κ1) is 19.1. The summed E-state index contributed by atoms with van der Waals surface area (Å²) < 4.78 is 29.5. The molecule has 2 aromatic carbocycles. The fourth-order valence-electron chi connectivity index (χ4n) is 3.60. The van der Waals surface area contributed by atoms with E-state index >= 15 is 0 Å². The number of hydrogen-bond acceptors (Lipinski definition) is 5. The van der Waals surface area contributed by atoms with Gasteiger partial charge in [-0.1, -0.05) is 11.6 Å². The largest absolute Gasteiger partial charge is 0.327 e. The molecule has 0 spiro atoms. The molecule has 3 heterocycles. The van der Waals surface area contributed by atoms with Gasteiger partial charge in [0.1, 0.15) is 11.6 Å². The number of carbonyl (C=O) groups is 1. The molecule has 0 saturated carbocycles. The Labute approximate surface area is 178 Å². The van der Waals surface area contributed by atoms with Crippen molar-refractivity contribution < 1.29 is 13.6 Å². The van der Waals surface area contributed by atoms with Crippen molar-refractivity contribution in [2.75, 3.05) is 6.54 Å². The van der Waals surface area contributed by atoms with E-state index in [1.54, 1.807) is 4.90 Å². The molecule has 0 saturated heterocycles. The summed E-state index contributed by atoms with van der Waals surface area (Å²) in [6, 6.07) is 8.01. The first-order valence-corrected chi connectivity index (χ1v) is 10.4. The molecule has 1 aliphatic heterocycles. The van der Waals surface area contributed by atoms with E-state index in [0.717, 1.165) is 0 Å². The maximum atomic E-state index is 13.8. The summed E-state index contributed by atoms with van der Waals surface area (Å²) in [5.41, 5.74) is 1.01. The topological polar surface area (TPSA) is 63.9 Å². The van der Waals surface area contributed by atoms with E-state index in [4.69, 9.17) is 11.6 Å². The molecule has 5 rings (SSSR count). The minimum Gasteiger partial charge on any atom is -0.327 e. The highest BCUT2D eigenvalue weighted by Crippen LogP contribution is 2.35. The lowest BCUT2D eigenvalue weighted by Crippen LogP contribution is -2.41. The summed E-state index contributed by atoms with van der Waals surface area (Å²) in [5, 5.41) is 9.20. The van der Waals surface area contributed by atoms with E-state index in [9.17, 15) is 13.6 Å². The van der Waals surface area contributed by atoms with Gasteiger partial charge < -0.3 is 9.47 Å². The molecule has 152 valence electrons. The number of rotatable bonds is 2. The molecule has 1 amide bonds. The Bertz CT molecular complexity index is 1250. The molecule has 0 N–H and O–H groups in total. The van der Waals surface area contributed by atoms with Crippen LogP contribution in [0.25, 0.3) is 21.0 Å². The lowest BCUT2D eigenvalue weighted by atomic mass is 10.1. The van der Waals surface area contributed by atoms with Gasteiger partial charge in [-0.2, -0.15) is 0 Å². The molecule has 0 unspecified atom stereocenters. The number of hydrogen-bond donors (Lipinski definition) is 0. The van der Waals surface area contributed by atoms with Gasteiger partial charge in [0, 0.05) is 18.7 Å². The van der Waals surface area contributed by atoms with E-state index in [1.807, 2.05) is 11.5 Å². The number of amides is 1. The van der Waals surface area contributed by atoms with Gasteiger partial charge >= 0.3 is 0 Å². The average molecular weight is 446 g/mol. The minimum absolute atomic E-state index is 0.0196. The Morgan fingerprint density at radius 2 is 1.93 bits per heavy atom. The van der Waals surface area contributed by atoms with E-state index in [2.05, 4.69) is 15.2 Å². The highest BCUT2D eigenvalue weighted by atomic mass is 35.5. The molecule has 0 bridgehead atoms. The van der Waals surface area contributed by atoms with Crippen LogP contribution in [-0.4, -0.2) is 37.1 Å². The maximum Gasteiger partial charge on any atom is 0.254 e. The first-order chi connectivity index (χ1) is 14.4. The molecule has 1 aliphatic rings. The molecule has 0 aliphatic carbocycles. The Hall–Kier alpha value is -2.91. The number of carbonyl (C=O) groups excluding carboxylic acids is 1. The van der Waals surface area contributed by atoms with Gasteiger partial charge in [0.25, 0.3) is 5.91 Å². The van der Waals surface area contributed by atoms with E-state index < -0.39 is 5.82 Å². The van der Waals surface area contributed by atoms with Crippen LogP contribution in [0.2, 0.25) is 5.02 Å². The van der Waals surface area contributed by atoms with Gasteiger partial charge in [-0.3, -0.25) is 4.79 Å². The average Bonchev–Trinajstić information content (AvgIpc) is 3.33. The van der Waals surface area contributed by atoms with Gasteiger partial charge in [-0.05, 0) is 43.3 Å². The summed E-state index contributed by atoms with van der Waals surface area (Å²) in [7, 11) is 0. The second-order valence-corrected chi connectivity index (χ2v) is 8.41. The standard InChI is InChI=1S/C20H14ClF2N5OS/c1-10-17-25-26-18(19-24-15-8-13(21)14(23)9-16(15)30-19)28(17)7-6-27(10)20(29)11-2-4-12(22)5-3-11/h2-5,8-10H,6-7H2,1H3/t10-/m1/s1. The monoisotopic (exact) mass is 445 g/mol. The van der Waals surface area contributed by atoms with Crippen LogP contribution in [0, 0.1) is 11.6 Å². The Kier molecular flexibility index (Phi) is 4.52. The van der Waals surface area contributed by atoms with Crippen molar-refractivity contribution in [3.05, 3.63) is 64.4 Å². The van der Waals surface area contributed by atoms with Crippen molar-refractivity contribution in [3.63, 3.8) is 0 Å². The predicted molar refractivity (Wildman–Crippen MR) is 109 cm³/mol. The summed E-state index contributed by atoms with van der Waals surface area (Å²) in [5.74, 6) is 0.132. The summed E-state index contributed by atoms with van der Waals surface area (Å²) in [6.07, 6.45) is 0. The van der Waals surface area contributed by atoms with Crippen LogP contribution in [-0.2, 0) is 6.54 Å². The summed E-state index contributed by atoms with van der Waals surface area (Å²) in [4.78, 5) is 19.1. The van der Waals surface area contributed by atoms with E-state index in [0.29, 0.717) is 45.5 Å². The van der Waals surface area contributed by atoms with E-state index in [1.165, 1.54) is 47.7 Å². The number of aromatic nitrogens is 4. The van der Waals surface area contributed by atoms with Crippen molar-refractivity contribution in [1.82, 2.24) is 24.6 Å². The molecule has 4 aromatic rings. The first-order valence-electron chi connectivity index (χ1n) is 9.18. The summed E-state index contributed by atoms with van der Waals surface area (Å²) in [6.45, 7) is 2.80. The summed E-state index contributed by atoms with van der Waals surface area (Å²) >= 11 is 7.17. The zero-order chi connectivity index (χ0) is 21.0. The third-order valence-corrected chi connectivity index (χ3v) is 6.46. The van der Waals surface area contributed by atoms with Crippen LogP contribution < -0.4 is 0 Å². The van der Waals surface area contributed by atoms with Crippen molar-refractivity contribution in [2.24, 2.45) is 0 Å². The maximum absolute atomic E-state index is 13.8. The molecule has 0 fully saturated rings. The van der Waals surface area contributed by atoms with Crippen molar-refractivity contribution in [2.45, 2.75) is 19.5 Å². The lowest BCUT2D eigenvalue weighted by molar-refractivity contribution is 0.0638. The Morgan fingerprint density at radius 1 is 1.17 bits per heavy atom. The van der Waals surface area contributed by atoms with Crippen LogP contribution in [0.1, 0.15) is 29.1 Å². The smallest absolute Gasteiger partial charge is 0.254 e. The van der Waals surface area contributed by atoms with Crippen molar-refractivity contribution >= 4 is 39.1 Å². The highest BCUT2D eigenvalue weighted by molar-refractivity contribution is 7.21. The third-order valence-electron chi connectivity index (χ3n) is 5.16. The zero-order valence-corrected chi connectivity index (χ0v) is 17.2. The van der Waals surface area contributed by atoms with Gasteiger partial charge in [0.2, 0.25) is 0 Å².